The second-order valence-corrected chi connectivity index (χ2v) is 4.33. The first-order chi connectivity index (χ1) is 10.2. The Morgan fingerprint density at radius 1 is 1.24 bits per heavy atom. The Morgan fingerprint density at radius 2 is 2.00 bits per heavy atom. The summed E-state index contributed by atoms with van der Waals surface area (Å²) in [4.78, 5) is 11.7. The number of ether oxygens (including phenoxy) is 1. The maximum Gasteiger partial charge on any atom is 0.262 e. The van der Waals surface area contributed by atoms with Crippen molar-refractivity contribution in [2.75, 3.05) is 11.9 Å². The van der Waals surface area contributed by atoms with Gasteiger partial charge in [-0.1, -0.05) is 18.2 Å². The summed E-state index contributed by atoms with van der Waals surface area (Å²) in [6.45, 7) is -0.173. The van der Waals surface area contributed by atoms with Gasteiger partial charge in [-0.3, -0.25) is 4.79 Å². The maximum absolute atomic E-state index is 13.0. The first-order valence-corrected chi connectivity index (χ1v) is 6.31. The SMILES string of the molecule is N#CCc1ccc(OCC(=O)Nc2cccc(F)c2)cc1. The van der Waals surface area contributed by atoms with Crippen molar-refractivity contribution in [1.29, 1.82) is 5.26 Å². The minimum Gasteiger partial charge on any atom is -0.484 e. The molecule has 0 aliphatic rings. The van der Waals surface area contributed by atoms with Crippen LogP contribution in [0.2, 0.25) is 0 Å². The topological polar surface area (TPSA) is 62.1 Å². The van der Waals surface area contributed by atoms with E-state index in [0.717, 1.165) is 5.56 Å². The second kappa shape index (κ2) is 7.06. The first-order valence-electron chi connectivity index (χ1n) is 6.31. The van der Waals surface area contributed by atoms with Gasteiger partial charge in [-0.15, -0.1) is 0 Å². The summed E-state index contributed by atoms with van der Waals surface area (Å²) in [6, 6.07) is 14.6. The molecular formula is C16H13FN2O2. The van der Waals surface area contributed by atoms with E-state index >= 15 is 0 Å². The zero-order valence-electron chi connectivity index (χ0n) is 11.2. The molecule has 0 saturated heterocycles. The van der Waals surface area contributed by atoms with Crippen LogP contribution in [0.15, 0.2) is 48.5 Å². The van der Waals surface area contributed by atoms with Crippen molar-refractivity contribution >= 4 is 11.6 Å². The number of nitriles is 1. The van der Waals surface area contributed by atoms with Gasteiger partial charge in [-0.2, -0.15) is 5.26 Å². The van der Waals surface area contributed by atoms with E-state index in [2.05, 4.69) is 5.32 Å². The lowest BCUT2D eigenvalue weighted by Gasteiger charge is -2.08. The van der Waals surface area contributed by atoms with Crippen LogP contribution in [0.3, 0.4) is 0 Å². The third kappa shape index (κ3) is 4.62. The fourth-order valence-corrected chi connectivity index (χ4v) is 1.71. The van der Waals surface area contributed by atoms with Crippen molar-refractivity contribution < 1.29 is 13.9 Å². The number of benzene rings is 2. The van der Waals surface area contributed by atoms with Gasteiger partial charge in [0.15, 0.2) is 6.61 Å². The van der Waals surface area contributed by atoms with E-state index in [1.165, 1.54) is 18.2 Å². The molecule has 2 aromatic rings. The Morgan fingerprint density at radius 3 is 2.67 bits per heavy atom. The number of rotatable bonds is 5. The summed E-state index contributed by atoms with van der Waals surface area (Å²) in [6.07, 6.45) is 0.334. The van der Waals surface area contributed by atoms with Gasteiger partial charge in [0.1, 0.15) is 11.6 Å². The smallest absolute Gasteiger partial charge is 0.262 e. The van der Waals surface area contributed by atoms with Crippen LogP contribution in [-0.2, 0) is 11.2 Å². The molecule has 2 rings (SSSR count). The van der Waals surface area contributed by atoms with Gasteiger partial charge in [-0.05, 0) is 35.9 Å². The van der Waals surface area contributed by atoms with Crippen LogP contribution < -0.4 is 10.1 Å². The molecule has 0 aromatic heterocycles. The zero-order valence-corrected chi connectivity index (χ0v) is 11.2. The molecule has 0 fully saturated rings. The molecule has 106 valence electrons. The highest BCUT2D eigenvalue weighted by atomic mass is 19.1. The van der Waals surface area contributed by atoms with Crippen LogP contribution in [0.4, 0.5) is 10.1 Å². The average Bonchev–Trinajstić information content (AvgIpc) is 2.47. The molecule has 0 unspecified atom stereocenters. The predicted molar refractivity (Wildman–Crippen MR) is 76.3 cm³/mol. The van der Waals surface area contributed by atoms with Crippen molar-refractivity contribution in [2.45, 2.75) is 6.42 Å². The van der Waals surface area contributed by atoms with Gasteiger partial charge in [0.2, 0.25) is 0 Å². The summed E-state index contributed by atoms with van der Waals surface area (Å²) in [5, 5.41) is 11.1. The highest BCUT2D eigenvalue weighted by Gasteiger charge is 2.04. The van der Waals surface area contributed by atoms with Crippen LogP contribution in [0.1, 0.15) is 5.56 Å². The van der Waals surface area contributed by atoms with Crippen molar-refractivity contribution in [3.63, 3.8) is 0 Å². The Bertz CT molecular complexity index is 663. The van der Waals surface area contributed by atoms with Gasteiger partial charge < -0.3 is 10.1 Å². The average molecular weight is 284 g/mol. The molecule has 1 amide bonds. The predicted octanol–water partition coefficient (Wildman–Crippen LogP) is 2.91. The summed E-state index contributed by atoms with van der Waals surface area (Å²) in [5.74, 6) is -0.255. The number of nitrogens with zero attached hydrogens (tertiary/aromatic N) is 1. The monoisotopic (exact) mass is 284 g/mol. The number of anilines is 1. The molecule has 0 aliphatic heterocycles. The standard InChI is InChI=1S/C16H13FN2O2/c17-13-2-1-3-14(10-13)19-16(20)11-21-15-6-4-12(5-7-15)8-9-18/h1-7,10H,8,11H2,(H,19,20). The Labute approximate surface area is 121 Å². The Balaban J connectivity index is 1.85. The first kappa shape index (κ1) is 14.5. The quantitative estimate of drug-likeness (QED) is 0.918. The number of hydrogen-bond acceptors (Lipinski definition) is 3. The van der Waals surface area contributed by atoms with Gasteiger partial charge in [0.05, 0.1) is 12.5 Å². The molecular weight excluding hydrogens is 271 g/mol. The molecule has 4 nitrogen and oxygen atoms in total. The summed E-state index contributed by atoms with van der Waals surface area (Å²) < 4.78 is 18.3. The molecule has 21 heavy (non-hydrogen) atoms. The van der Waals surface area contributed by atoms with Crippen LogP contribution >= 0.6 is 0 Å². The number of amides is 1. The highest BCUT2D eigenvalue weighted by Crippen LogP contribution is 2.13. The molecule has 1 N–H and O–H groups in total. The van der Waals surface area contributed by atoms with Crippen molar-refractivity contribution in [3.8, 4) is 11.8 Å². The second-order valence-electron chi connectivity index (χ2n) is 4.33. The lowest BCUT2D eigenvalue weighted by Crippen LogP contribution is -2.20. The molecule has 0 aliphatic carbocycles. The van der Waals surface area contributed by atoms with E-state index in [4.69, 9.17) is 10.00 Å². The maximum atomic E-state index is 13.0. The number of nitrogens with one attached hydrogen (secondary N) is 1. The third-order valence-electron chi connectivity index (χ3n) is 2.68. The molecule has 0 bridgehead atoms. The van der Waals surface area contributed by atoms with Gasteiger partial charge in [0.25, 0.3) is 5.91 Å². The van der Waals surface area contributed by atoms with Crippen LogP contribution in [0.5, 0.6) is 5.75 Å². The Hall–Kier alpha value is -2.87. The van der Waals surface area contributed by atoms with Gasteiger partial charge in [0, 0.05) is 5.69 Å². The van der Waals surface area contributed by atoms with Crippen molar-refractivity contribution in [2.24, 2.45) is 0 Å². The van der Waals surface area contributed by atoms with Crippen LogP contribution in [0.25, 0.3) is 0 Å². The number of halogens is 1. The molecule has 0 spiro atoms. The molecule has 0 atom stereocenters. The lowest BCUT2D eigenvalue weighted by molar-refractivity contribution is -0.118. The molecule has 0 heterocycles. The van der Waals surface area contributed by atoms with E-state index in [0.29, 0.717) is 17.9 Å². The fraction of sp³-hybridized carbons (Fsp3) is 0.125. The van der Waals surface area contributed by atoms with E-state index in [1.54, 1.807) is 30.3 Å². The third-order valence-corrected chi connectivity index (χ3v) is 2.68. The highest BCUT2D eigenvalue weighted by molar-refractivity contribution is 5.91. The minimum atomic E-state index is -0.415. The Kier molecular flexibility index (Phi) is 4.89. The van der Waals surface area contributed by atoms with E-state index < -0.39 is 5.82 Å². The van der Waals surface area contributed by atoms with Gasteiger partial charge in [-0.25, -0.2) is 4.39 Å². The van der Waals surface area contributed by atoms with Gasteiger partial charge >= 0.3 is 0 Å². The normalized spacial score (nSPS) is 9.71. The number of carbonyl (C=O) groups is 1. The van der Waals surface area contributed by atoms with Crippen LogP contribution in [0, 0.1) is 17.1 Å². The zero-order chi connectivity index (χ0) is 15.1. The fourth-order valence-electron chi connectivity index (χ4n) is 1.71. The van der Waals surface area contributed by atoms with E-state index in [9.17, 15) is 9.18 Å². The summed E-state index contributed by atoms with van der Waals surface area (Å²) in [7, 11) is 0. The molecule has 0 radical (unpaired) electrons. The van der Waals surface area contributed by atoms with Crippen molar-refractivity contribution in [3.05, 3.63) is 59.9 Å². The van der Waals surface area contributed by atoms with E-state index in [1.807, 2.05) is 6.07 Å². The number of carbonyl (C=O) groups excluding carboxylic acids is 1. The lowest BCUT2D eigenvalue weighted by atomic mass is 10.2. The summed E-state index contributed by atoms with van der Waals surface area (Å²) >= 11 is 0. The molecule has 0 saturated carbocycles. The molecule has 5 heteroatoms. The van der Waals surface area contributed by atoms with E-state index in [-0.39, 0.29) is 12.5 Å². The largest absolute Gasteiger partial charge is 0.484 e. The minimum absolute atomic E-state index is 0.173. The molecule has 2 aromatic carbocycles. The van der Waals surface area contributed by atoms with Crippen LogP contribution in [-0.4, -0.2) is 12.5 Å². The van der Waals surface area contributed by atoms with Crippen molar-refractivity contribution in [1.82, 2.24) is 0 Å². The number of hydrogen-bond donors (Lipinski definition) is 1. The summed E-state index contributed by atoms with van der Waals surface area (Å²) in [5.41, 5.74) is 1.27.